The van der Waals surface area contributed by atoms with E-state index in [1.807, 2.05) is 19.1 Å². The van der Waals surface area contributed by atoms with Crippen LogP contribution < -0.4 is 5.32 Å². The summed E-state index contributed by atoms with van der Waals surface area (Å²) in [6, 6.07) is 14.2. The molecule has 8 heteroatoms. The van der Waals surface area contributed by atoms with Gasteiger partial charge in [-0.3, -0.25) is 9.59 Å². The summed E-state index contributed by atoms with van der Waals surface area (Å²) >= 11 is 5.84. The van der Waals surface area contributed by atoms with Crippen molar-refractivity contribution in [2.24, 2.45) is 0 Å². The molecule has 1 N–H and O–H groups in total. The van der Waals surface area contributed by atoms with Gasteiger partial charge in [-0.05, 0) is 42.8 Å². The number of halogens is 1. The summed E-state index contributed by atoms with van der Waals surface area (Å²) in [4.78, 5) is 28.1. The fourth-order valence-electron chi connectivity index (χ4n) is 2.45. The van der Waals surface area contributed by atoms with Crippen LogP contribution in [0.2, 0.25) is 5.02 Å². The zero-order valence-corrected chi connectivity index (χ0v) is 15.9. The molecular formula is C20H18ClN3O4. The van der Waals surface area contributed by atoms with Crippen LogP contribution in [0.25, 0.3) is 11.4 Å². The van der Waals surface area contributed by atoms with Crippen molar-refractivity contribution in [2.45, 2.75) is 20.0 Å². The maximum absolute atomic E-state index is 12.1. The Morgan fingerprint density at radius 2 is 1.89 bits per heavy atom. The van der Waals surface area contributed by atoms with Crippen molar-refractivity contribution in [3.05, 3.63) is 70.6 Å². The molecule has 0 spiro atoms. The maximum Gasteiger partial charge on any atom is 0.308 e. The number of hydrogen-bond acceptors (Lipinski definition) is 6. The molecule has 0 saturated heterocycles. The van der Waals surface area contributed by atoms with Gasteiger partial charge in [0.1, 0.15) is 0 Å². The van der Waals surface area contributed by atoms with Gasteiger partial charge in [-0.25, -0.2) is 0 Å². The maximum atomic E-state index is 12.1. The van der Waals surface area contributed by atoms with Crippen LogP contribution in [0, 0.1) is 6.92 Å². The Hall–Kier alpha value is -3.19. The molecule has 1 amide bonds. The summed E-state index contributed by atoms with van der Waals surface area (Å²) < 4.78 is 10.2. The van der Waals surface area contributed by atoms with E-state index < -0.39 is 5.97 Å². The Kier molecular flexibility index (Phi) is 6.39. The molecule has 7 nitrogen and oxygen atoms in total. The Labute approximate surface area is 166 Å². The number of rotatable bonds is 7. The van der Waals surface area contributed by atoms with E-state index in [2.05, 4.69) is 15.5 Å². The summed E-state index contributed by atoms with van der Waals surface area (Å²) in [6.45, 7) is 1.89. The molecule has 3 rings (SSSR count). The smallest absolute Gasteiger partial charge is 0.308 e. The van der Waals surface area contributed by atoms with Gasteiger partial charge < -0.3 is 14.6 Å². The summed E-state index contributed by atoms with van der Waals surface area (Å²) in [5.41, 5.74) is 2.19. The van der Waals surface area contributed by atoms with Gasteiger partial charge in [-0.1, -0.05) is 35.0 Å². The first-order valence-electron chi connectivity index (χ1n) is 8.61. The number of nitrogens with one attached hydrogen (secondary N) is 1. The number of hydrogen-bond donors (Lipinski definition) is 1. The number of amides is 1. The molecular weight excluding hydrogens is 382 g/mol. The molecule has 0 aliphatic rings. The second-order valence-corrected chi connectivity index (χ2v) is 6.44. The molecule has 28 heavy (non-hydrogen) atoms. The molecule has 3 aromatic rings. The minimum absolute atomic E-state index is 0.0375. The van der Waals surface area contributed by atoms with Crippen molar-refractivity contribution in [1.82, 2.24) is 15.5 Å². The van der Waals surface area contributed by atoms with Gasteiger partial charge in [0, 0.05) is 22.7 Å². The number of ether oxygens (including phenoxy) is 1. The number of carbonyl (C=O) groups is 2. The average molecular weight is 400 g/mol. The number of carbonyl (C=O) groups excluding carboxylic acids is 2. The third-order valence-corrected chi connectivity index (χ3v) is 4.18. The van der Waals surface area contributed by atoms with Crippen molar-refractivity contribution in [3.8, 4) is 11.4 Å². The average Bonchev–Trinajstić information content (AvgIpc) is 3.16. The molecule has 1 aromatic heterocycles. The van der Waals surface area contributed by atoms with E-state index in [-0.39, 0.29) is 31.4 Å². The lowest BCUT2D eigenvalue weighted by molar-refractivity contribution is -0.145. The zero-order chi connectivity index (χ0) is 19.9. The minimum Gasteiger partial charge on any atom is -0.456 e. The molecule has 0 radical (unpaired) electrons. The minimum atomic E-state index is -0.476. The van der Waals surface area contributed by atoms with Gasteiger partial charge in [0.15, 0.2) is 6.61 Å². The highest BCUT2D eigenvalue weighted by Crippen LogP contribution is 2.18. The van der Waals surface area contributed by atoms with Gasteiger partial charge in [-0.2, -0.15) is 4.98 Å². The normalized spacial score (nSPS) is 10.5. The molecule has 0 bridgehead atoms. The lowest BCUT2D eigenvalue weighted by Gasteiger charge is -2.07. The third-order valence-electron chi connectivity index (χ3n) is 3.93. The Morgan fingerprint density at radius 1 is 1.14 bits per heavy atom. The highest BCUT2D eigenvalue weighted by molar-refractivity contribution is 6.30. The van der Waals surface area contributed by atoms with E-state index in [4.69, 9.17) is 20.9 Å². The SMILES string of the molecule is Cc1ccccc1C(=O)NCCC(=O)OCc1nc(-c2ccc(Cl)cc2)no1. The van der Waals surface area contributed by atoms with Crippen molar-refractivity contribution < 1.29 is 18.8 Å². The molecule has 0 fully saturated rings. The first-order valence-corrected chi connectivity index (χ1v) is 8.98. The number of nitrogens with zero attached hydrogens (tertiary/aromatic N) is 2. The van der Waals surface area contributed by atoms with Crippen LogP contribution in [0.5, 0.6) is 0 Å². The fraction of sp³-hybridized carbons (Fsp3) is 0.200. The molecule has 144 valence electrons. The first kappa shape index (κ1) is 19.6. The van der Waals surface area contributed by atoms with Gasteiger partial charge in [0.2, 0.25) is 5.82 Å². The molecule has 2 aromatic carbocycles. The Morgan fingerprint density at radius 3 is 2.64 bits per heavy atom. The lowest BCUT2D eigenvalue weighted by atomic mass is 10.1. The number of aryl methyl sites for hydroxylation is 1. The predicted octanol–water partition coefficient (Wildman–Crippen LogP) is 3.56. The summed E-state index contributed by atoms with van der Waals surface area (Å²) in [7, 11) is 0. The largest absolute Gasteiger partial charge is 0.456 e. The van der Waals surface area contributed by atoms with Gasteiger partial charge in [0.05, 0.1) is 6.42 Å². The van der Waals surface area contributed by atoms with Crippen LogP contribution in [-0.2, 0) is 16.1 Å². The number of esters is 1. The van der Waals surface area contributed by atoms with Crippen molar-refractivity contribution >= 4 is 23.5 Å². The highest BCUT2D eigenvalue weighted by atomic mass is 35.5. The first-order chi connectivity index (χ1) is 13.5. The molecule has 0 atom stereocenters. The molecule has 0 saturated carbocycles. The van der Waals surface area contributed by atoms with Crippen LogP contribution >= 0.6 is 11.6 Å². The second-order valence-electron chi connectivity index (χ2n) is 6.00. The van der Waals surface area contributed by atoms with E-state index in [1.165, 1.54) is 0 Å². The monoisotopic (exact) mass is 399 g/mol. The van der Waals surface area contributed by atoms with Crippen molar-refractivity contribution in [1.29, 1.82) is 0 Å². The zero-order valence-electron chi connectivity index (χ0n) is 15.1. The topological polar surface area (TPSA) is 94.3 Å². The number of aromatic nitrogens is 2. The Balaban J connectivity index is 1.43. The van der Waals surface area contributed by atoms with E-state index in [9.17, 15) is 9.59 Å². The summed E-state index contributed by atoms with van der Waals surface area (Å²) in [5, 5.41) is 7.15. The Bertz CT molecular complexity index is 970. The van der Waals surface area contributed by atoms with Gasteiger partial charge >= 0.3 is 5.97 Å². The van der Waals surface area contributed by atoms with Crippen LogP contribution in [0.1, 0.15) is 28.2 Å². The highest BCUT2D eigenvalue weighted by Gasteiger charge is 2.12. The van der Waals surface area contributed by atoms with Crippen LogP contribution in [0.3, 0.4) is 0 Å². The molecule has 1 heterocycles. The van der Waals surface area contributed by atoms with Crippen LogP contribution in [0.15, 0.2) is 53.1 Å². The molecule has 0 aliphatic heterocycles. The quantitative estimate of drug-likeness (QED) is 0.610. The van der Waals surface area contributed by atoms with Gasteiger partial charge in [0.25, 0.3) is 11.8 Å². The van der Waals surface area contributed by atoms with E-state index in [0.717, 1.165) is 11.1 Å². The van der Waals surface area contributed by atoms with Crippen LogP contribution in [-0.4, -0.2) is 28.6 Å². The second kappa shape index (κ2) is 9.14. The van der Waals surface area contributed by atoms with Gasteiger partial charge in [-0.15, -0.1) is 0 Å². The third kappa shape index (κ3) is 5.17. The van der Waals surface area contributed by atoms with E-state index >= 15 is 0 Å². The molecule has 0 aliphatic carbocycles. The van der Waals surface area contributed by atoms with E-state index in [0.29, 0.717) is 16.4 Å². The van der Waals surface area contributed by atoms with Crippen molar-refractivity contribution in [2.75, 3.05) is 6.54 Å². The summed E-state index contributed by atoms with van der Waals surface area (Å²) in [5.74, 6) is -0.137. The fourth-order valence-corrected chi connectivity index (χ4v) is 2.57. The predicted molar refractivity (Wildman–Crippen MR) is 103 cm³/mol. The lowest BCUT2D eigenvalue weighted by Crippen LogP contribution is -2.27. The van der Waals surface area contributed by atoms with Crippen molar-refractivity contribution in [3.63, 3.8) is 0 Å². The van der Waals surface area contributed by atoms with E-state index in [1.54, 1.807) is 36.4 Å². The van der Waals surface area contributed by atoms with Crippen LogP contribution in [0.4, 0.5) is 0 Å². The molecule has 0 unspecified atom stereocenters. The summed E-state index contributed by atoms with van der Waals surface area (Å²) in [6.07, 6.45) is 0.0375. The standard InChI is InChI=1S/C20H18ClN3O4/c1-13-4-2-3-5-16(13)20(26)22-11-10-18(25)27-12-17-23-19(24-28-17)14-6-8-15(21)9-7-14/h2-9H,10-12H2,1H3,(H,22,26). The number of benzene rings is 2.